The molecule has 0 aliphatic carbocycles. The van der Waals surface area contributed by atoms with Gasteiger partial charge >= 0.3 is 5.97 Å². The summed E-state index contributed by atoms with van der Waals surface area (Å²) in [5.41, 5.74) is 3.83. The van der Waals surface area contributed by atoms with E-state index in [1.807, 2.05) is 44.2 Å². The molecule has 4 heteroatoms. The summed E-state index contributed by atoms with van der Waals surface area (Å²) in [4.78, 5) is 11.5. The van der Waals surface area contributed by atoms with Crippen LogP contribution >= 0.6 is 0 Å². The molecule has 0 saturated carbocycles. The van der Waals surface area contributed by atoms with E-state index in [0.29, 0.717) is 5.75 Å². The molecule has 2 aromatic rings. The molecule has 1 N–H and O–H groups in total. The smallest absolute Gasteiger partial charge is 0.307 e. The van der Waals surface area contributed by atoms with E-state index in [0.717, 1.165) is 27.1 Å². The van der Waals surface area contributed by atoms with E-state index in [2.05, 4.69) is 0 Å². The van der Waals surface area contributed by atoms with Crippen LogP contribution in [0.3, 0.4) is 0 Å². The second-order valence-electron chi connectivity index (χ2n) is 5.15. The van der Waals surface area contributed by atoms with Gasteiger partial charge in [0, 0.05) is 4.90 Å². The highest BCUT2D eigenvalue weighted by atomic mass is 32.2. The highest BCUT2D eigenvalue weighted by Crippen LogP contribution is 2.18. The summed E-state index contributed by atoms with van der Waals surface area (Å²) in [6.07, 6.45) is 0.0142. The number of hydrogen-bond acceptors (Lipinski definition) is 2. The van der Waals surface area contributed by atoms with Gasteiger partial charge in [0.05, 0.1) is 23.0 Å². The molecule has 0 aromatic heterocycles. The maximum atomic E-state index is 12.5. The quantitative estimate of drug-likeness (QED) is 0.922. The second-order valence-corrected chi connectivity index (χ2v) is 6.57. The minimum atomic E-state index is -1.09. The van der Waals surface area contributed by atoms with Crippen molar-refractivity contribution in [2.75, 3.05) is 0 Å². The third kappa shape index (κ3) is 4.26. The van der Waals surface area contributed by atoms with Crippen LogP contribution in [0.5, 0.6) is 0 Å². The fraction of sp³-hybridized carbons (Fsp3) is 0.235. The van der Waals surface area contributed by atoms with E-state index in [1.165, 1.54) is 0 Å². The first-order chi connectivity index (χ1) is 9.95. The maximum absolute atomic E-state index is 12.5. The first kappa shape index (κ1) is 15.4. The lowest BCUT2D eigenvalue weighted by molar-refractivity contribution is -0.136. The van der Waals surface area contributed by atoms with Crippen molar-refractivity contribution in [3.05, 3.63) is 64.7 Å². The highest BCUT2D eigenvalue weighted by Gasteiger charge is 2.09. The van der Waals surface area contributed by atoms with Crippen LogP contribution in [0, 0.1) is 13.8 Å². The Morgan fingerprint density at radius 3 is 2.29 bits per heavy atom. The van der Waals surface area contributed by atoms with Gasteiger partial charge in [-0.05, 0) is 42.2 Å². The SMILES string of the molecule is Cc1ccc(C)c(S(=O)Cc2ccc(CC(=O)O)cc2)c1. The van der Waals surface area contributed by atoms with Gasteiger partial charge in [0.2, 0.25) is 0 Å². The molecule has 2 aromatic carbocycles. The predicted molar refractivity (Wildman–Crippen MR) is 83.8 cm³/mol. The molecule has 0 spiro atoms. The Bertz CT molecular complexity index is 675. The van der Waals surface area contributed by atoms with Crippen molar-refractivity contribution in [1.29, 1.82) is 0 Å². The van der Waals surface area contributed by atoms with E-state index < -0.39 is 16.8 Å². The van der Waals surface area contributed by atoms with Crippen molar-refractivity contribution in [1.82, 2.24) is 0 Å². The number of benzene rings is 2. The van der Waals surface area contributed by atoms with Gasteiger partial charge in [0.25, 0.3) is 0 Å². The fourth-order valence-corrected chi connectivity index (χ4v) is 3.50. The summed E-state index contributed by atoms with van der Waals surface area (Å²) in [6.45, 7) is 3.95. The molecule has 110 valence electrons. The molecular formula is C17H18O3S. The van der Waals surface area contributed by atoms with Gasteiger partial charge in [0.15, 0.2) is 0 Å². The van der Waals surface area contributed by atoms with E-state index in [9.17, 15) is 9.00 Å². The van der Waals surface area contributed by atoms with E-state index in [4.69, 9.17) is 5.11 Å². The Hall–Kier alpha value is -1.94. The Morgan fingerprint density at radius 1 is 1.05 bits per heavy atom. The zero-order valence-corrected chi connectivity index (χ0v) is 12.9. The number of aryl methyl sites for hydroxylation is 2. The molecule has 0 heterocycles. The molecule has 1 atom stereocenters. The van der Waals surface area contributed by atoms with Gasteiger partial charge in [-0.1, -0.05) is 36.4 Å². The van der Waals surface area contributed by atoms with Crippen molar-refractivity contribution < 1.29 is 14.1 Å². The van der Waals surface area contributed by atoms with E-state index in [-0.39, 0.29) is 6.42 Å². The molecule has 0 bridgehead atoms. The first-order valence-corrected chi connectivity index (χ1v) is 8.03. The number of carboxylic acid groups (broad SMARTS) is 1. The molecule has 0 radical (unpaired) electrons. The summed E-state index contributed by atoms with van der Waals surface area (Å²) in [5, 5.41) is 8.74. The lowest BCUT2D eigenvalue weighted by Gasteiger charge is -2.08. The van der Waals surface area contributed by atoms with Gasteiger partial charge in [-0.15, -0.1) is 0 Å². The standard InChI is InChI=1S/C17H18O3S/c1-12-3-4-13(2)16(9-12)21(20)11-15-7-5-14(6-8-15)10-17(18)19/h3-9H,10-11H2,1-2H3,(H,18,19). The second kappa shape index (κ2) is 6.68. The van der Waals surface area contributed by atoms with Gasteiger partial charge in [-0.3, -0.25) is 9.00 Å². The van der Waals surface area contributed by atoms with Crippen LogP contribution in [0.25, 0.3) is 0 Å². The molecule has 0 aliphatic heterocycles. The molecule has 0 fully saturated rings. The number of aliphatic carboxylic acids is 1. The van der Waals surface area contributed by atoms with Crippen LogP contribution in [-0.4, -0.2) is 15.3 Å². The molecule has 1 unspecified atom stereocenters. The lowest BCUT2D eigenvalue weighted by Crippen LogP contribution is -2.02. The Labute approximate surface area is 127 Å². The van der Waals surface area contributed by atoms with Gasteiger partial charge in [-0.2, -0.15) is 0 Å². The summed E-state index contributed by atoms with van der Waals surface area (Å²) in [6, 6.07) is 13.2. The zero-order valence-electron chi connectivity index (χ0n) is 12.1. The first-order valence-electron chi connectivity index (χ1n) is 6.71. The third-order valence-electron chi connectivity index (χ3n) is 3.27. The Morgan fingerprint density at radius 2 is 1.67 bits per heavy atom. The van der Waals surface area contributed by atoms with Gasteiger partial charge < -0.3 is 5.11 Å². The number of carboxylic acids is 1. The lowest BCUT2D eigenvalue weighted by atomic mass is 10.1. The summed E-state index contributed by atoms with van der Waals surface area (Å²) >= 11 is 0. The molecule has 21 heavy (non-hydrogen) atoms. The highest BCUT2D eigenvalue weighted by molar-refractivity contribution is 7.84. The minimum Gasteiger partial charge on any atom is -0.481 e. The van der Waals surface area contributed by atoms with E-state index >= 15 is 0 Å². The average molecular weight is 302 g/mol. The van der Waals surface area contributed by atoms with Crippen LogP contribution in [0.1, 0.15) is 22.3 Å². The molecule has 0 saturated heterocycles. The topological polar surface area (TPSA) is 54.4 Å². The molecule has 0 aliphatic rings. The minimum absolute atomic E-state index is 0.0142. The monoisotopic (exact) mass is 302 g/mol. The zero-order chi connectivity index (χ0) is 15.4. The summed E-state index contributed by atoms with van der Waals surface area (Å²) in [5.74, 6) is -0.404. The number of hydrogen-bond donors (Lipinski definition) is 1. The molecular weight excluding hydrogens is 284 g/mol. The number of carbonyl (C=O) groups is 1. The van der Waals surface area contributed by atoms with Crippen LogP contribution in [0.15, 0.2) is 47.4 Å². The third-order valence-corrected chi connectivity index (χ3v) is 4.79. The fourth-order valence-electron chi connectivity index (χ4n) is 2.11. The van der Waals surface area contributed by atoms with Crippen molar-refractivity contribution in [2.45, 2.75) is 30.9 Å². The van der Waals surface area contributed by atoms with Crippen molar-refractivity contribution in [2.24, 2.45) is 0 Å². The predicted octanol–water partition coefficient (Wildman–Crippen LogP) is 3.24. The number of rotatable bonds is 5. The van der Waals surface area contributed by atoms with E-state index in [1.54, 1.807) is 12.1 Å². The summed E-state index contributed by atoms with van der Waals surface area (Å²) in [7, 11) is -1.09. The largest absolute Gasteiger partial charge is 0.481 e. The van der Waals surface area contributed by atoms with Crippen LogP contribution in [0.4, 0.5) is 0 Å². The van der Waals surface area contributed by atoms with Crippen LogP contribution in [-0.2, 0) is 27.8 Å². The Balaban J connectivity index is 2.12. The Kier molecular flexibility index (Phi) is 4.91. The van der Waals surface area contributed by atoms with Gasteiger partial charge in [-0.25, -0.2) is 0 Å². The summed E-state index contributed by atoms with van der Waals surface area (Å²) < 4.78 is 12.5. The average Bonchev–Trinajstić information content (AvgIpc) is 2.43. The maximum Gasteiger partial charge on any atom is 0.307 e. The van der Waals surface area contributed by atoms with Crippen LogP contribution in [0.2, 0.25) is 0 Å². The van der Waals surface area contributed by atoms with Crippen molar-refractivity contribution in [3.8, 4) is 0 Å². The normalized spacial score (nSPS) is 12.1. The molecule has 2 rings (SSSR count). The molecule has 0 amide bonds. The molecule has 3 nitrogen and oxygen atoms in total. The van der Waals surface area contributed by atoms with Crippen molar-refractivity contribution >= 4 is 16.8 Å². The van der Waals surface area contributed by atoms with Crippen LogP contribution < -0.4 is 0 Å². The van der Waals surface area contributed by atoms with Gasteiger partial charge in [0.1, 0.15) is 0 Å². The van der Waals surface area contributed by atoms with Crippen molar-refractivity contribution in [3.63, 3.8) is 0 Å².